The molecule has 8 heteroatoms. The Morgan fingerprint density at radius 1 is 1.17 bits per heavy atom. The Labute approximate surface area is 165 Å². The second kappa shape index (κ2) is 9.00. The van der Waals surface area contributed by atoms with E-state index in [0.29, 0.717) is 18.7 Å². The van der Waals surface area contributed by atoms with Crippen LogP contribution in [-0.2, 0) is 17.7 Å². The van der Waals surface area contributed by atoms with Crippen LogP contribution in [0.2, 0.25) is 0 Å². The molecule has 2 aromatic carbocycles. The molecule has 154 valence electrons. The van der Waals surface area contributed by atoms with Gasteiger partial charge in [-0.2, -0.15) is 13.2 Å². The van der Waals surface area contributed by atoms with Crippen LogP contribution in [0.3, 0.4) is 0 Å². The van der Waals surface area contributed by atoms with Crippen molar-refractivity contribution in [1.82, 2.24) is 10.3 Å². The van der Waals surface area contributed by atoms with Crippen LogP contribution in [0.25, 0.3) is 10.9 Å². The summed E-state index contributed by atoms with van der Waals surface area (Å²) in [5, 5.41) is 4.23. The summed E-state index contributed by atoms with van der Waals surface area (Å²) in [7, 11) is 1.34. The third-order valence-electron chi connectivity index (χ3n) is 4.39. The fourth-order valence-corrected chi connectivity index (χ4v) is 3.00. The minimum absolute atomic E-state index is 0.189. The number of alkyl halides is 3. The van der Waals surface area contributed by atoms with Crippen LogP contribution in [0.4, 0.5) is 13.2 Å². The smallest absolute Gasteiger partial charge is 0.422 e. The van der Waals surface area contributed by atoms with E-state index in [2.05, 4.69) is 10.3 Å². The van der Waals surface area contributed by atoms with E-state index in [1.807, 2.05) is 18.3 Å². The van der Waals surface area contributed by atoms with Crippen molar-refractivity contribution < 1.29 is 27.4 Å². The average molecular weight is 406 g/mol. The predicted octanol–water partition coefficient (Wildman–Crippen LogP) is 4.23. The number of hydrogen-bond donors (Lipinski definition) is 2. The first-order valence-corrected chi connectivity index (χ1v) is 9.03. The van der Waals surface area contributed by atoms with Crippen LogP contribution in [-0.4, -0.2) is 37.4 Å². The highest BCUT2D eigenvalue weighted by molar-refractivity contribution is 5.95. The highest BCUT2D eigenvalue weighted by Gasteiger charge is 2.28. The second-order valence-corrected chi connectivity index (χ2v) is 6.54. The summed E-state index contributed by atoms with van der Waals surface area (Å²) < 4.78 is 46.3. The fourth-order valence-electron chi connectivity index (χ4n) is 3.00. The van der Waals surface area contributed by atoms with Gasteiger partial charge in [0.05, 0.1) is 12.7 Å². The molecule has 0 saturated heterocycles. The van der Waals surface area contributed by atoms with Gasteiger partial charge in [0.1, 0.15) is 5.75 Å². The number of aromatic amines is 1. The number of ether oxygens (including phenoxy) is 2. The monoisotopic (exact) mass is 406 g/mol. The van der Waals surface area contributed by atoms with Crippen LogP contribution in [0.15, 0.2) is 48.7 Å². The molecule has 1 heterocycles. The van der Waals surface area contributed by atoms with Gasteiger partial charge in [-0.3, -0.25) is 0 Å². The Morgan fingerprint density at radius 3 is 2.76 bits per heavy atom. The summed E-state index contributed by atoms with van der Waals surface area (Å²) in [6.45, 7) is -0.153. The van der Waals surface area contributed by atoms with Crippen LogP contribution in [0, 0.1) is 0 Å². The summed E-state index contributed by atoms with van der Waals surface area (Å²) >= 11 is 0. The number of hydrogen-bond acceptors (Lipinski definition) is 4. The third-order valence-corrected chi connectivity index (χ3v) is 4.39. The number of aromatic nitrogens is 1. The molecule has 29 heavy (non-hydrogen) atoms. The molecule has 0 atom stereocenters. The van der Waals surface area contributed by atoms with Gasteiger partial charge in [0, 0.05) is 23.6 Å². The van der Waals surface area contributed by atoms with Gasteiger partial charge >= 0.3 is 12.1 Å². The summed E-state index contributed by atoms with van der Waals surface area (Å²) in [6, 6.07) is 11.9. The van der Waals surface area contributed by atoms with Gasteiger partial charge in [0.15, 0.2) is 6.61 Å². The van der Waals surface area contributed by atoms with E-state index in [4.69, 9.17) is 9.47 Å². The highest BCUT2D eigenvalue weighted by atomic mass is 19.4. The predicted molar refractivity (Wildman–Crippen MR) is 103 cm³/mol. The number of esters is 1. The van der Waals surface area contributed by atoms with E-state index in [1.165, 1.54) is 13.2 Å². The van der Waals surface area contributed by atoms with Gasteiger partial charge in [0.2, 0.25) is 0 Å². The lowest BCUT2D eigenvalue weighted by molar-refractivity contribution is -0.153. The summed E-state index contributed by atoms with van der Waals surface area (Å²) in [6.07, 6.45) is -1.74. The maximum absolute atomic E-state index is 12.3. The standard InChI is InChI=1S/C21H21F3N2O3/c1-28-20(27)15-5-6-19-18(10-15)16(12-26-19)7-8-25-11-14-3-2-4-17(9-14)29-13-21(22,23)24/h2-6,9-10,12,25-26H,7-8,11,13H2,1H3. The van der Waals surface area contributed by atoms with Crippen LogP contribution in [0.1, 0.15) is 21.5 Å². The molecule has 0 amide bonds. The molecule has 2 N–H and O–H groups in total. The zero-order valence-electron chi connectivity index (χ0n) is 15.8. The van der Waals surface area contributed by atoms with E-state index >= 15 is 0 Å². The number of fused-ring (bicyclic) bond motifs is 1. The first kappa shape index (κ1) is 20.7. The van der Waals surface area contributed by atoms with Gasteiger partial charge in [-0.05, 0) is 54.4 Å². The Bertz CT molecular complexity index is 983. The number of nitrogens with one attached hydrogen (secondary N) is 2. The van der Waals surface area contributed by atoms with Crippen LogP contribution < -0.4 is 10.1 Å². The summed E-state index contributed by atoms with van der Waals surface area (Å²) in [5.74, 6) is -0.196. The molecule has 0 aliphatic rings. The van der Waals surface area contributed by atoms with Crippen molar-refractivity contribution in [3.05, 3.63) is 65.4 Å². The molecule has 0 aliphatic heterocycles. The van der Waals surface area contributed by atoms with E-state index < -0.39 is 12.8 Å². The largest absolute Gasteiger partial charge is 0.484 e. The molecule has 0 fully saturated rings. The van der Waals surface area contributed by atoms with Crippen molar-refractivity contribution in [2.45, 2.75) is 19.1 Å². The normalized spacial score (nSPS) is 11.6. The van der Waals surface area contributed by atoms with Crippen LogP contribution in [0.5, 0.6) is 5.75 Å². The number of carbonyl (C=O) groups is 1. The maximum atomic E-state index is 12.3. The first-order chi connectivity index (χ1) is 13.9. The number of carbonyl (C=O) groups excluding carboxylic acids is 1. The molecule has 0 saturated carbocycles. The lowest BCUT2D eigenvalue weighted by Gasteiger charge is -2.10. The average Bonchev–Trinajstić information content (AvgIpc) is 3.11. The van der Waals surface area contributed by atoms with Crippen molar-refractivity contribution in [3.8, 4) is 5.75 Å². The molecular weight excluding hydrogens is 385 g/mol. The molecular formula is C21H21F3N2O3. The lowest BCUT2D eigenvalue weighted by Crippen LogP contribution is -2.19. The minimum atomic E-state index is -4.36. The second-order valence-electron chi connectivity index (χ2n) is 6.54. The minimum Gasteiger partial charge on any atom is -0.484 e. The topological polar surface area (TPSA) is 63.4 Å². The maximum Gasteiger partial charge on any atom is 0.422 e. The van der Waals surface area contributed by atoms with Crippen molar-refractivity contribution in [2.24, 2.45) is 0 Å². The van der Waals surface area contributed by atoms with E-state index in [1.54, 1.807) is 24.3 Å². The number of halogens is 3. The highest BCUT2D eigenvalue weighted by Crippen LogP contribution is 2.21. The van der Waals surface area contributed by atoms with Gasteiger partial charge in [-0.15, -0.1) is 0 Å². The van der Waals surface area contributed by atoms with Gasteiger partial charge < -0.3 is 19.8 Å². The quantitative estimate of drug-likeness (QED) is 0.434. The molecule has 1 aromatic heterocycles. The Hall–Kier alpha value is -3.00. The van der Waals surface area contributed by atoms with Crippen LogP contribution >= 0.6 is 0 Å². The van der Waals surface area contributed by atoms with Gasteiger partial charge in [-0.25, -0.2) is 4.79 Å². The van der Waals surface area contributed by atoms with Crippen molar-refractivity contribution >= 4 is 16.9 Å². The summed E-state index contributed by atoms with van der Waals surface area (Å²) in [5.41, 5.74) is 3.31. The molecule has 0 spiro atoms. The first-order valence-electron chi connectivity index (χ1n) is 9.03. The van der Waals surface area contributed by atoms with E-state index in [9.17, 15) is 18.0 Å². The molecule has 0 bridgehead atoms. The third kappa shape index (κ3) is 5.74. The van der Waals surface area contributed by atoms with E-state index in [0.717, 1.165) is 28.5 Å². The number of methoxy groups -OCH3 is 1. The molecule has 0 radical (unpaired) electrons. The zero-order chi connectivity index (χ0) is 20.9. The van der Waals surface area contributed by atoms with E-state index in [-0.39, 0.29) is 11.7 Å². The number of rotatable bonds is 8. The molecule has 0 aliphatic carbocycles. The fraction of sp³-hybridized carbons (Fsp3) is 0.286. The Balaban J connectivity index is 1.55. The van der Waals surface area contributed by atoms with Crippen molar-refractivity contribution in [1.29, 1.82) is 0 Å². The molecule has 0 unspecified atom stereocenters. The van der Waals surface area contributed by atoms with Gasteiger partial charge in [-0.1, -0.05) is 12.1 Å². The van der Waals surface area contributed by atoms with Crippen molar-refractivity contribution in [3.63, 3.8) is 0 Å². The van der Waals surface area contributed by atoms with Crippen molar-refractivity contribution in [2.75, 3.05) is 20.3 Å². The lowest BCUT2D eigenvalue weighted by atomic mass is 10.1. The van der Waals surface area contributed by atoms with Gasteiger partial charge in [0.25, 0.3) is 0 Å². The zero-order valence-corrected chi connectivity index (χ0v) is 15.8. The molecule has 3 aromatic rings. The number of H-pyrrole nitrogens is 1. The summed E-state index contributed by atoms with van der Waals surface area (Å²) in [4.78, 5) is 14.9. The molecule has 3 rings (SSSR count). The Morgan fingerprint density at radius 2 is 2.00 bits per heavy atom. The number of benzene rings is 2. The molecule has 5 nitrogen and oxygen atoms in total. The SMILES string of the molecule is COC(=O)c1ccc2[nH]cc(CCNCc3cccc(OCC(F)(F)F)c3)c2c1. The Kier molecular flexibility index (Phi) is 6.43.